The van der Waals surface area contributed by atoms with Gasteiger partial charge in [0.25, 0.3) is 0 Å². The second-order valence-electron chi connectivity index (χ2n) is 5.87. The Labute approximate surface area is 149 Å². The van der Waals surface area contributed by atoms with Crippen molar-refractivity contribution in [1.29, 1.82) is 0 Å². The maximum atomic E-state index is 12.6. The highest BCUT2D eigenvalue weighted by Gasteiger charge is 2.29. The van der Waals surface area contributed by atoms with Gasteiger partial charge in [-0.25, -0.2) is 21.6 Å². The molecule has 1 aromatic carbocycles. The fraction of sp³-hybridized carbons (Fsp3) is 0.571. The second-order valence-corrected chi connectivity index (χ2v) is 9.53. The van der Waals surface area contributed by atoms with Crippen LogP contribution in [0.3, 0.4) is 0 Å². The number of sulfonamides is 2. The first kappa shape index (κ1) is 19.6. The molecule has 1 saturated heterocycles. The Morgan fingerprint density at radius 1 is 0.958 bits per heavy atom. The van der Waals surface area contributed by atoms with Gasteiger partial charge in [-0.1, -0.05) is 0 Å². The van der Waals surface area contributed by atoms with E-state index in [0.29, 0.717) is 19.6 Å². The number of benzene rings is 1. The Morgan fingerprint density at radius 2 is 1.58 bits per heavy atom. The number of halogens is 1. The topological polar surface area (TPSA) is 95.6 Å². The van der Waals surface area contributed by atoms with E-state index in [-0.39, 0.29) is 28.2 Å². The van der Waals surface area contributed by atoms with Crippen LogP contribution < -0.4 is 10.0 Å². The molecule has 2 aliphatic rings. The van der Waals surface area contributed by atoms with Crippen LogP contribution in [0, 0.1) is 0 Å². The fourth-order valence-electron chi connectivity index (χ4n) is 2.49. The first-order chi connectivity index (χ1) is 10.9. The lowest BCUT2D eigenvalue weighted by atomic mass is 10.4. The van der Waals surface area contributed by atoms with E-state index in [1.807, 2.05) is 0 Å². The third-order valence-electron chi connectivity index (χ3n) is 3.97. The molecule has 0 unspecified atom stereocenters. The number of hydrogen-bond donors (Lipinski definition) is 2. The van der Waals surface area contributed by atoms with Gasteiger partial charge in [-0.2, -0.15) is 4.31 Å². The summed E-state index contributed by atoms with van der Waals surface area (Å²) >= 11 is 0. The summed E-state index contributed by atoms with van der Waals surface area (Å²) < 4.78 is 53.5. The summed E-state index contributed by atoms with van der Waals surface area (Å²) in [6.07, 6.45) is 2.47. The Balaban J connectivity index is 0.00000208. The minimum atomic E-state index is -3.58. The lowest BCUT2D eigenvalue weighted by Crippen LogP contribution is -2.34. The van der Waals surface area contributed by atoms with Crippen molar-refractivity contribution in [3.05, 3.63) is 24.3 Å². The first-order valence-electron chi connectivity index (χ1n) is 7.73. The molecule has 1 aliphatic carbocycles. The summed E-state index contributed by atoms with van der Waals surface area (Å²) in [5.74, 6) is 0. The summed E-state index contributed by atoms with van der Waals surface area (Å²) in [6, 6.07) is 5.47. The molecular weight excluding hydrogens is 374 g/mol. The standard InChI is InChI=1S/C14H21N3O4S2.ClH/c18-22(19,16-12-2-3-12)13-4-6-14(7-5-13)23(20,21)17-10-1-8-15-9-11-17;/h4-7,12,15-16H,1-3,8-11H2;1H. The lowest BCUT2D eigenvalue weighted by Gasteiger charge is -2.19. The van der Waals surface area contributed by atoms with Crippen LogP contribution >= 0.6 is 12.4 Å². The van der Waals surface area contributed by atoms with Crippen molar-refractivity contribution in [1.82, 2.24) is 14.3 Å². The fourth-order valence-corrected chi connectivity index (χ4v) is 5.27. The van der Waals surface area contributed by atoms with Crippen molar-refractivity contribution in [2.24, 2.45) is 0 Å². The molecule has 0 atom stereocenters. The molecule has 0 bridgehead atoms. The molecule has 0 spiro atoms. The van der Waals surface area contributed by atoms with Crippen molar-refractivity contribution >= 4 is 32.5 Å². The zero-order valence-electron chi connectivity index (χ0n) is 13.1. The van der Waals surface area contributed by atoms with Crippen LogP contribution in [0.15, 0.2) is 34.1 Å². The lowest BCUT2D eigenvalue weighted by molar-refractivity contribution is 0.432. The smallest absolute Gasteiger partial charge is 0.243 e. The molecule has 136 valence electrons. The van der Waals surface area contributed by atoms with Gasteiger partial charge >= 0.3 is 0 Å². The first-order valence-corrected chi connectivity index (χ1v) is 10.7. The van der Waals surface area contributed by atoms with Gasteiger partial charge in [-0.05, 0) is 50.1 Å². The quantitative estimate of drug-likeness (QED) is 0.758. The van der Waals surface area contributed by atoms with Gasteiger partial charge in [0.2, 0.25) is 20.0 Å². The highest BCUT2D eigenvalue weighted by Crippen LogP contribution is 2.23. The van der Waals surface area contributed by atoms with E-state index < -0.39 is 20.0 Å². The molecule has 7 nitrogen and oxygen atoms in total. The van der Waals surface area contributed by atoms with Gasteiger partial charge in [0.15, 0.2) is 0 Å². The van der Waals surface area contributed by atoms with Crippen molar-refractivity contribution in [2.75, 3.05) is 26.2 Å². The van der Waals surface area contributed by atoms with E-state index >= 15 is 0 Å². The summed E-state index contributed by atoms with van der Waals surface area (Å²) in [7, 11) is -7.14. The molecule has 1 aliphatic heterocycles. The van der Waals surface area contributed by atoms with E-state index in [2.05, 4.69) is 10.0 Å². The summed E-state index contributed by atoms with van der Waals surface area (Å²) in [5, 5.41) is 3.16. The highest BCUT2D eigenvalue weighted by molar-refractivity contribution is 7.89. The van der Waals surface area contributed by atoms with Gasteiger partial charge in [0.05, 0.1) is 9.79 Å². The van der Waals surface area contributed by atoms with Gasteiger partial charge in [0.1, 0.15) is 0 Å². The third-order valence-corrected chi connectivity index (χ3v) is 7.42. The monoisotopic (exact) mass is 395 g/mol. The Hall–Kier alpha value is -0.710. The zero-order valence-corrected chi connectivity index (χ0v) is 15.6. The molecule has 1 heterocycles. The van der Waals surface area contributed by atoms with E-state index in [0.717, 1.165) is 25.8 Å². The zero-order chi connectivity index (χ0) is 16.5. The third kappa shape index (κ3) is 4.47. The maximum absolute atomic E-state index is 12.6. The number of nitrogens with one attached hydrogen (secondary N) is 2. The number of hydrogen-bond acceptors (Lipinski definition) is 5. The van der Waals surface area contributed by atoms with Crippen LogP contribution in [0.25, 0.3) is 0 Å². The van der Waals surface area contributed by atoms with E-state index in [1.165, 1.54) is 28.6 Å². The van der Waals surface area contributed by atoms with E-state index in [9.17, 15) is 16.8 Å². The maximum Gasteiger partial charge on any atom is 0.243 e. The number of rotatable bonds is 5. The van der Waals surface area contributed by atoms with Crippen molar-refractivity contribution in [3.8, 4) is 0 Å². The van der Waals surface area contributed by atoms with Crippen LogP contribution in [0.4, 0.5) is 0 Å². The average Bonchev–Trinajstić information content (AvgIpc) is 3.33. The van der Waals surface area contributed by atoms with Crippen molar-refractivity contribution in [3.63, 3.8) is 0 Å². The molecule has 0 radical (unpaired) electrons. The number of nitrogens with zero attached hydrogens (tertiary/aromatic N) is 1. The Morgan fingerprint density at radius 3 is 2.21 bits per heavy atom. The molecular formula is C14H22ClN3O4S2. The molecule has 24 heavy (non-hydrogen) atoms. The Kier molecular flexibility index (Phi) is 6.27. The van der Waals surface area contributed by atoms with E-state index in [4.69, 9.17) is 0 Å². The largest absolute Gasteiger partial charge is 0.315 e. The van der Waals surface area contributed by atoms with Crippen LogP contribution in [-0.4, -0.2) is 53.4 Å². The molecule has 2 N–H and O–H groups in total. The molecule has 0 amide bonds. The Bertz CT molecular complexity index is 754. The molecule has 10 heteroatoms. The minimum Gasteiger partial charge on any atom is -0.315 e. The van der Waals surface area contributed by atoms with Crippen LogP contribution in [0.5, 0.6) is 0 Å². The van der Waals surface area contributed by atoms with Crippen LogP contribution in [-0.2, 0) is 20.0 Å². The SMILES string of the molecule is Cl.O=S(=O)(NC1CC1)c1ccc(S(=O)(=O)N2CCCNCC2)cc1. The highest BCUT2D eigenvalue weighted by atomic mass is 35.5. The predicted octanol–water partition coefficient (Wildman–Crippen LogP) is 0.533. The summed E-state index contributed by atoms with van der Waals surface area (Å²) in [5.41, 5.74) is 0. The van der Waals surface area contributed by atoms with Gasteiger partial charge in [-0.15, -0.1) is 12.4 Å². The predicted molar refractivity (Wildman–Crippen MR) is 93.3 cm³/mol. The molecule has 3 rings (SSSR count). The molecule has 2 fully saturated rings. The van der Waals surface area contributed by atoms with Crippen LogP contribution in [0.1, 0.15) is 19.3 Å². The average molecular weight is 396 g/mol. The van der Waals surface area contributed by atoms with Crippen molar-refractivity contribution < 1.29 is 16.8 Å². The molecule has 1 aromatic rings. The molecule has 0 aromatic heterocycles. The van der Waals surface area contributed by atoms with Gasteiger partial charge in [-0.3, -0.25) is 0 Å². The molecule has 1 saturated carbocycles. The van der Waals surface area contributed by atoms with Crippen molar-refractivity contribution in [2.45, 2.75) is 35.1 Å². The second kappa shape index (κ2) is 7.67. The van der Waals surface area contributed by atoms with E-state index in [1.54, 1.807) is 0 Å². The normalized spacial score (nSPS) is 20.2. The van der Waals surface area contributed by atoms with Gasteiger partial charge in [0, 0.05) is 25.7 Å². The summed E-state index contributed by atoms with van der Waals surface area (Å²) in [4.78, 5) is 0.227. The minimum absolute atomic E-state index is 0. The summed E-state index contributed by atoms with van der Waals surface area (Å²) in [6.45, 7) is 2.32. The van der Waals surface area contributed by atoms with Gasteiger partial charge < -0.3 is 5.32 Å². The van der Waals surface area contributed by atoms with Crippen LogP contribution in [0.2, 0.25) is 0 Å².